The van der Waals surface area contributed by atoms with Crippen LogP contribution in [0.25, 0.3) is 0 Å². The summed E-state index contributed by atoms with van der Waals surface area (Å²) in [6.07, 6.45) is 0.135. The minimum absolute atomic E-state index is 0.135. The van der Waals surface area contributed by atoms with Crippen molar-refractivity contribution in [3.8, 4) is 0 Å². The van der Waals surface area contributed by atoms with Gasteiger partial charge in [-0.15, -0.1) is 0 Å². The fraction of sp³-hybridized carbons (Fsp3) is 0.222. The average molecular weight is 331 g/mol. The lowest BCUT2D eigenvalue weighted by Gasteiger charge is -2.19. The van der Waals surface area contributed by atoms with Gasteiger partial charge in [-0.1, -0.05) is 60.1 Å². The Morgan fingerprint density at radius 1 is 1.04 bits per heavy atom. The maximum atomic E-state index is 12.2. The topological polar surface area (TPSA) is 58.2 Å². The van der Waals surface area contributed by atoms with Crippen molar-refractivity contribution in [2.45, 2.75) is 25.9 Å². The zero-order chi connectivity index (χ0) is 16.7. The van der Waals surface area contributed by atoms with Crippen molar-refractivity contribution >= 4 is 23.4 Å². The monoisotopic (exact) mass is 330 g/mol. The Morgan fingerprint density at radius 2 is 1.70 bits per heavy atom. The van der Waals surface area contributed by atoms with Gasteiger partial charge in [0, 0.05) is 18.5 Å². The lowest BCUT2D eigenvalue weighted by molar-refractivity contribution is -0.122. The number of halogens is 1. The molecule has 1 atom stereocenters. The summed E-state index contributed by atoms with van der Waals surface area (Å²) in [6, 6.07) is 16.4. The third-order valence-electron chi connectivity index (χ3n) is 3.38. The molecule has 0 spiro atoms. The van der Waals surface area contributed by atoms with Crippen LogP contribution in [-0.2, 0) is 16.1 Å². The molecule has 0 fully saturated rings. The summed E-state index contributed by atoms with van der Waals surface area (Å²) in [4.78, 5) is 23.6. The largest absolute Gasteiger partial charge is 0.352 e. The molecule has 2 N–H and O–H groups in total. The molecule has 2 rings (SSSR count). The summed E-state index contributed by atoms with van der Waals surface area (Å²) in [5.74, 6) is -0.349. The first-order chi connectivity index (χ1) is 11.1. The molecule has 0 unspecified atom stereocenters. The molecule has 0 aromatic heterocycles. The highest BCUT2D eigenvalue weighted by Crippen LogP contribution is 2.25. The smallest absolute Gasteiger partial charge is 0.222 e. The number of rotatable bonds is 6. The summed E-state index contributed by atoms with van der Waals surface area (Å²) < 4.78 is 0. The van der Waals surface area contributed by atoms with Crippen molar-refractivity contribution in [2.75, 3.05) is 0 Å². The molecule has 2 amide bonds. The SMILES string of the molecule is CC(=O)N[C@@H](CC(=O)NCc1ccccc1)c1ccccc1Cl. The van der Waals surface area contributed by atoms with Gasteiger partial charge < -0.3 is 10.6 Å². The summed E-state index contributed by atoms with van der Waals surface area (Å²) in [6.45, 7) is 1.88. The number of carbonyl (C=O) groups is 2. The van der Waals surface area contributed by atoms with Crippen molar-refractivity contribution in [1.82, 2.24) is 10.6 Å². The van der Waals surface area contributed by atoms with Crippen LogP contribution in [0.1, 0.15) is 30.5 Å². The van der Waals surface area contributed by atoms with Crippen LogP contribution in [0.4, 0.5) is 0 Å². The molecule has 23 heavy (non-hydrogen) atoms. The highest BCUT2D eigenvalue weighted by atomic mass is 35.5. The average Bonchev–Trinajstić information content (AvgIpc) is 2.53. The van der Waals surface area contributed by atoms with Gasteiger partial charge in [0.05, 0.1) is 12.5 Å². The Kier molecular flexibility index (Phi) is 6.18. The van der Waals surface area contributed by atoms with Crippen LogP contribution < -0.4 is 10.6 Å². The number of hydrogen-bond donors (Lipinski definition) is 2. The second-order valence-electron chi connectivity index (χ2n) is 5.24. The van der Waals surface area contributed by atoms with E-state index in [1.54, 1.807) is 6.07 Å². The first kappa shape index (κ1) is 17.0. The molecule has 4 nitrogen and oxygen atoms in total. The van der Waals surface area contributed by atoms with Gasteiger partial charge in [-0.05, 0) is 17.2 Å². The van der Waals surface area contributed by atoms with E-state index in [1.807, 2.05) is 48.5 Å². The summed E-state index contributed by atoms with van der Waals surface area (Å²) >= 11 is 6.18. The van der Waals surface area contributed by atoms with E-state index in [2.05, 4.69) is 10.6 Å². The molecule has 0 saturated carbocycles. The van der Waals surface area contributed by atoms with Gasteiger partial charge in [0.1, 0.15) is 0 Å². The van der Waals surface area contributed by atoms with E-state index in [0.717, 1.165) is 11.1 Å². The van der Waals surface area contributed by atoms with Crippen molar-refractivity contribution in [2.24, 2.45) is 0 Å². The van der Waals surface area contributed by atoms with Crippen molar-refractivity contribution in [3.63, 3.8) is 0 Å². The van der Waals surface area contributed by atoms with Crippen LogP contribution in [0.3, 0.4) is 0 Å². The maximum Gasteiger partial charge on any atom is 0.222 e. The second-order valence-corrected chi connectivity index (χ2v) is 5.65. The second kappa shape index (κ2) is 8.34. The number of carbonyl (C=O) groups excluding carboxylic acids is 2. The van der Waals surface area contributed by atoms with Gasteiger partial charge in [0.25, 0.3) is 0 Å². The standard InChI is InChI=1S/C18H19ClN2O2/c1-13(22)21-17(15-9-5-6-10-16(15)19)11-18(23)20-12-14-7-3-2-4-8-14/h2-10,17H,11-12H2,1H3,(H,20,23)(H,21,22)/t17-/m0/s1. The zero-order valence-corrected chi connectivity index (χ0v) is 13.6. The number of amides is 2. The van der Waals surface area contributed by atoms with Crippen LogP contribution in [0.2, 0.25) is 5.02 Å². The Labute approximate surface area is 140 Å². The molecule has 5 heteroatoms. The first-order valence-corrected chi connectivity index (χ1v) is 7.76. The van der Waals surface area contributed by atoms with E-state index in [-0.39, 0.29) is 18.2 Å². The molecule has 2 aromatic rings. The first-order valence-electron chi connectivity index (χ1n) is 7.38. The van der Waals surface area contributed by atoms with Gasteiger partial charge in [-0.3, -0.25) is 9.59 Å². The van der Waals surface area contributed by atoms with Crippen molar-refractivity contribution < 1.29 is 9.59 Å². The molecule has 0 radical (unpaired) electrons. The van der Waals surface area contributed by atoms with Crippen LogP contribution >= 0.6 is 11.6 Å². The molecule has 0 aliphatic heterocycles. The fourth-order valence-electron chi connectivity index (χ4n) is 2.30. The van der Waals surface area contributed by atoms with Gasteiger partial charge >= 0.3 is 0 Å². The van der Waals surface area contributed by atoms with Gasteiger partial charge in [-0.2, -0.15) is 0 Å². The highest BCUT2D eigenvalue weighted by Gasteiger charge is 2.19. The van der Waals surface area contributed by atoms with Crippen LogP contribution in [0.5, 0.6) is 0 Å². The van der Waals surface area contributed by atoms with Gasteiger partial charge in [0.15, 0.2) is 0 Å². The van der Waals surface area contributed by atoms with Gasteiger partial charge in [0.2, 0.25) is 11.8 Å². The summed E-state index contributed by atoms with van der Waals surface area (Å²) in [5, 5.41) is 6.17. The third-order valence-corrected chi connectivity index (χ3v) is 3.72. The Bertz CT molecular complexity index is 674. The Morgan fingerprint density at radius 3 is 2.35 bits per heavy atom. The molecule has 0 aliphatic rings. The van der Waals surface area contributed by atoms with Crippen molar-refractivity contribution in [1.29, 1.82) is 0 Å². The molecular formula is C18H19ClN2O2. The normalized spacial score (nSPS) is 11.6. The van der Waals surface area contributed by atoms with Crippen LogP contribution in [-0.4, -0.2) is 11.8 Å². The highest BCUT2D eigenvalue weighted by molar-refractivity contribution is 6.31. The minimum atomic E-state index is -0.447. The van der Waals surface area contributed by atoms with Crippen LogP contribution in [0, 0.1) is 0 Å². The lowest BCUT2D eigenvalue weighted by Crippen LogP contribution is -2.32. The predicted octanol–water partition coefficient (Wildman–Crippen LogP) is 3.22. The number of hydrogen-bond acceptors (Lipinski definition) is 2. The number of benzene rings is 2. The van der Waals surface area contributed by atoms with Gasteiger partial charge in [-0.25, -0.2) is 0 Å². The molecule has 0 aliphatic carbocycles. The Balaban J connectivity index is 2.01. The third kappa shape index (κ3) is 5.42. The lowest BCUT2D eigenvalue weighted by atomic mass is 10.0. The van der Waals surface area contributed by atoms with E-state index in [9.17, 15) is 9.59 Å². The molecule has 120 valence electrons. The van der Waals surface area contributed by atoms with E-state index in [0.29, 0.717) is 11.6 Å². The Hall–Kier alpha value is -2.33. The quantitative estimate of drug-likeness (QED) is 0.854. The number of nitrogens with one attached hydrogen (secondary N) is 2. The maximum absolute atomic E-state index is 12.2. The van der Waals surface area contributed by atoms with E-state index in [1.165, 1.54) is 6.92 Å². The van der Waals surface area contributed by atoms with E-state index in [4.69, 9.17) is 11.6 Å². The fourth-order valence-corrected chi connectivity index (χ4v) is 2.56. The zero-order valence-electron chi connectivity index (χ0n) is 12.9. The minimum Gasteiger partial charge on any atom is -0.352 e. The molecular weight excluding hydrogens is 312 g/mol. The predicted molar refractivity (Wildman–Crippen MR) is 90.9 cm³/mol. The van der Waals surface area contributed by atoms with E-state index < -0.39 is 6.04 Å². The summed E-state index contributed by atoms with van der Waals surface area (Å²) in [5.41, 5.74) is 1.76. The van der Waals surface area contributed by atoms with Crippen molar-refractivity contribution in [3.05, 3.63) is 70.7 Å². The molecule has 0 saturated heterocycles. The van der Waals surface area contributed by atoms with Crippen LogP contribution in [0.15, 0.2) is 54.6 Å². The van der Waals surface area contributed by atoms with E-state index >= 15 is 0 Å². The summed E-state index contributed by atoms with van der Waals surface area (Å²) in [7, 11) is 0. The molecule has 0 bridgehead atoms. The molecule has 2 aromatic carbocycles. The molecule has 0 heterocycles.